The van der Waals surface area contributed by atoms with Crippen molar-refractivity contribution in [1.82, 2.24) is 10.3 Å². The van der Waals surface area contributed by atoms with E-state index in [0.29, 0.717) is 71.0 Å². The van der Waals surface area contributed by atoms with Crippen LogP contribution in [0.15, 0.2) is 72.9 Å². The molecule has 1 aliphatic rings. The molecule has 0 radical (unpaired) electrons. The second-order valence-corrected chi connectivity index (χ2v) is 10.6. The second-order valence-electron chi connectivity index (χ2n) is 10.6. The molecule has 10 nitrogen and oxygen atoms in total. The predicted octanol–water partition coefficient (Wildman–Crippen LogP) is 5.39. The van der Waals surface area contributed by atoms with Gasteiger partial charge in [0.2, 0.25) is 11.8 Å². The molecule has 0 unspecified atom stereocenters. The highest BCUT2D eigenvalue weighted by atomic mass is 19.1. The summed E-state index contributed by atoms with van der Waals surface area (Å²) in [5.41, 5.74) is 6.25. The third-order valence-electron chi connectivity index (χ3n) is 7.50. The van der Waals surface area contributed by atoms with Crippen molar-refractivity contribution in [3.8, 4) is 17.2 Å². The number of hydrogen-bond donors (Lipinski definition) is 4. The van der Waals surface area contributed by atoms with E-state index in [2.05, 4.69) is 20.9 Å². The predicted molar refractivity (Wildman–Crippen MR) is 165 cm³/mol. The van der Waals surface area contributed by atoms with Gasteiger partial charge >= 0.3 is 0 Å². The fourth-order valence-electron chi connectivity index (χ4n) is 4.78. The fourth-order valence-corrected chi connectivity index (χ4v) is 4.78. The minimum atomic E-state index is -1.17. The Balaban J connectivity index is 1.25. The average molecular weight is 600 g/mol. The number of unbranched alkanes of at least 4 members (excludes halogenated alkanes) is 2. The van der Waals surface area contributed by atoms with Gasteiger partial charge in [-0.05, 0) is 92.9 Å². The molecule has 3 aromatic carbocycles. The van der Waals surface area contributed by atoms with Gasteiger partial charge in [0, 0.05) is 35.6 Å². The molecule has 44 heavy (non-hydrogen) atoms. The number of anilines is 2. The van der Waals surface area contributed by atoms with E-state index in [1.54, 1.807) is 48.7 Å². The van der Waals surface area contributed by atoms with Crippen LogP contribution < -0.4 is 31.2 Å². The normalized spacial score (nSPS) is 13.2. The van der Waals surface area contributed by atoms with E-state index >= 15 is 0 Å². The molecule has 1 aliphatic carbocycles. The number of rotatable bonds is 13. The number of hydrogen-bond acceptors (Lipinski definition) is 7. The Labute approximate surface area is 254 Å². The number of benzene rings is 3. The number of nitrogens with zero attached hydrogens (tertiary/aromatic N) is 1. The zero-order valence-corrected chi connectivity index (χ0v) is 24.3. The van der Waals surface area contributed by atoms with Crippen molar-refractivity contribution in [2.75, 3.05) is 30.8 Å². The number of methoxy groups -OCH3 is 1. The van der Waals surface area contributed by atoms with Gasteiger partial charge in [0.15, 0.2) is 0 Å². The summed E-state index contributed by atoms with van der Waals surface area (Å²) in [4.78, 5) is 43.3. The van der Waals surface area contributed by atoms with Crippen LogP contribution in [-0.2, 0) is 9.59 Å². The lowest BCUT2D eigenvalue weighted by Crippen LogP contribution is -2.35. The Bertz CT molecular complexity index is 1660. The molecule has 1 fully saturated rings. The number of nitrogens with two attached hydrogens (primary N) is 1. The molecule has 0 saturated heterocycles. The van der Waals surface area contributed by atoms with Crippen molar-refractivity contribution >= 4 is 40.0 Å². The third-order valence-corrected chi connectivity index (χ3v) is 7.50. The smallest absolute Gasteiger partial charge is 0.255 e. The quantitative estimate of drug-likeness (QED) is 0.119. The highest BCUT2D eigenvalue weighted by molar-refractivity contribution is 6.17. The summed E-state index contributed by atoms with van der Waals surface area (Å²) in [5, 5.41) is 9.06. The first kappa shape index (κ1) is 30.4. The van der Waals surface area contributed by atoms with Crippen LogP contribution in [0.1, 0.15) is 42.5 Å². The van der Waals surface area contributed by atoms with Crippen LogP contribution in [0.2, 0.25) is 0 Å². The van der Waals surface area contributed by atoms with Crippen LogP contribution in [0.4, 0.5) is 15.8 Å². The van der Waals surface area contributed by atoms with Crippen molar-refractivity contribution in [2.45, 2.75) is 32.1 Å². The van der Waals surface area contributed by atoms with Crippen molar-refractivity contribution in [3.05, 3.63) is 84.3 Å². The van der Waals surface area contributed by atoms with Crippen molar-refractivity contribution < 1.29 is 28.2 Å². The number of halogens is 1. The average Bonchev–Trinajstić information content (AvgIpc) is 3.85. The lowest BCUT2D eigenvalue weighted by molar-refractivity contribution is -0.131. The van der Waals surface area contributed by atoms with E-state index in [0.717, 1.165) is 19.3 Å². The van der Waals surface area contributed by atoms with Crippen LogP contribution >= 0.6 is 0 Å². The molecule has 1 aromatic heterocycles. The Hall–Kier alpha value is -5.03. The van der Waals surface area contributed by atoms with Gasteiger partial charge in [-0.2, -0.15) is 0 Å². The van der Waals surface area contributed by atoms with Gasteiger partial charge in [0.05, 0.1) is 18.2 Å². The van der Waals surface area contributed by atoms with E-state index in [1.165, 1.54) is 31.4 Å². The molecular formula is C33H34FN5O5. The largest absolute Gasteiger partial charge is 0.496 e. The number of carbonyl (C=O) groups is 3. The van der Waals surface area contributed by atoms with Gasteiger partial charge in [-0.25, -0.2) is 4.39 Å². The summed E-state index contributed by atoms with van der Waals surface area (Å²) in [7, 11) is 1.50. The summed E-state index contributed by atoms with van der Waals surface area (Å²) < 4.78 is 24.8. The Kier molecular flexibility index (Phi) is 9.35. The number of fused-ring (bicyclic) bond motifs is 1. The summed E-state index contributed by atoms with van der Waals surface area (Å²) >= 11 is 0. The number of ether oxygens (including phenoxy) is 2. The number of carbonyl (C=O) groups excluding carboxylic acids is 3. The number of pyridine rings is 1. The molecule has 11 heteroatoms. The van der Waals surface area contributed by atoms with Gasteiger partial charge in [0.25, 0.3) is 5.91 Å². The van der Waals surface area contributed by atoms with Crippen molar-refractivity contribution in [3.63, 3.8) is 0 Å². The molecule has 5 rings (SSSR count). The monoisotopic (exact) mass is 599 g/mol. The minimum Gasteiger partial charge on any atom is -0.496 e. The van der Waals surface area contributed by atoms with E-state index in [-0.39, 0.29) is 5.91 Å². The number of nitrogens with one attached hydrogen (secondary N) is 3. The Morgan fingerprint density at radius 1 is 0.886 bits per heavy atom. The van der Waals surface area contributed by atoms with E-state index in [4.69, 9.17) is 15.2 Å². The van der Waals surface area contributed by atoms with E-state index in [1.807, 2.05) is 0 Å². The van der Waals surface area contributed by atoms with Crippen LogP contribution in [-0.4, -0.2) is 42.9 Å². The minimum absolute atomic E-state index is 0.258. The van der Waals surface area contributed by atoms with E-state index < -0.39 is 23.0 Å². The Morgan fingerprint density at radius 3 is 2.16 bits per heavy atom. The fraction of sp³-hybridized carbons (Fsp3) is 0.273. The summed E-state index contributed by atoms with van der Waals surface area (Å²) in [6.07, 6.45) is 5.11. The van der Waals surface area contributed by atoms with Gasteiger partial charge in [-0.1, -0.05) is 6.42 Å². The molecule has 1 heterocycles. The molecule has 228 valence electrons. The summed E-state index contributed by atoms with van der Waals surface area (Å²) in [6.45, 7) is 1.15. The molecular weight excluding hydrogens is 565 g/mol. The highest BCUT2D eigenvalue weighted by Crippen LogP contribution is 2.47. The number of amides is 3. The third kappa shape index (κ3) is 6.95. The maximum Gasteiger partial charge on any atom is 0.255 e. The molecule has 1 saturated carbocycles. The van der Waals surface area contributed by atoms with Crippen molar-refractivity contribution in [2.24, 2.45) is 11.1 Å². The first-order chi connectivity index (χ1) is 21.3. The molecule has 4 aromatic rings. The number of aromatic nitrogens is 1. The van der Waals surface area contributed by atoms with Gasteiger partial charge in [-0.3, -0.25) is 19.4 Å². The first-order valence-electron chi connectivity index (χ1n) is 14.4. The molecule has 0 aliphatic heterocycles. The van der Waals surface area contributed by atoms with Gasteiger partial charge in [-0.15, -0.1) is 0 Å². The molecule has 5 N–H and O–H groups in total. The van der Waals surface area contributed by atoms with Crippen LogP contribution in [0.5, 0.6) is 17.2 Å². The second kappa shape index (κ2) is 13.5. The van der Waals surface area contributed by atoms with Crippen LogP contribution in [0, 0.1) is 11.2 Å². The maximum atomic E-state index is 13.2. The van der Waals surface area contributed by atoms with Crippen LogP contribution in [0.3, 0.4) is 0 Å². The van der Waals surface area contributed by atoms with Gasteiger partial charge in [0.1, 0.15) is 28.5 Å². The zero-order chi connectivity index (χ0) is 31.1. The zero-order valence-electron chi connectivity index (χ0n) is 24.3. The standard InChI is InChI=1S/C33H34FN5O5/c1-43-29-20-27-25(19-26(29)30(40)37-17-4-2-3-16-35)28(13-18-36-27)44-24-11-9-23(10-12-24)39-32(42)33(14-15-33)31(41)38-22-7-5-21(34)6-8-22/h5-13,18-20H,2-4,14-17,35H2,1H3,(H,37,40)(H,38,41)(H,39,42). The SMILES string of the molecule is COc1cc2nccc(Oc3ccc(NC(=O)C4(C(=O)Nc5ccc(F)cc5)CC4)cc3)c2cc1C(=O)NCCCCCN. The van der Waals surface area contributed by atoms with Crippen LogP contribution in [0.25, 0.3) is 10.9 Å². The van der Waals surface area contributed by atoms with Gasteiger partial charge < -0.3 is 31.2 Å². The topological polar surface area (TPSA) is 145 Å². The molecule has 0 atom stereocenters. The first-order valence-corrected chi connectivity index (χ1v) is 14.4. The van der Waals surface area contributed by atoms with Crippen molar-refractivity contribution in [1.29, 1.82) is 0 Å². The van der Waals surface area contributed by atoms with E-state index in [9.17, 15) is 18.8 Å². The molecule has 0 bridgehead atoms. The summed E-state index contributed by atoms with van der Waals surface area (Å²) in [5.74, 6) is -0.127. The highest BCUT2D eigenvalue weighted by Gasteiger charge is 2.56. The molecule has 3 amide bonds. The summed E-state index contributed by atoms with van der Waals surface area (Å²) in [6, 6.07) is 17.2. The lowest BCUT2D eigenvalue weighted by atomic mass is 10.0. The Morgan fingerprint density at radius 2 is 1.55 bits per heavy atom. The maximum absolute atomic E-state index is 13.2. The molecule has 0 spiro atoms. The lowest BCUT2D eigenvalue weighted by Gasteiger charge is -2.16.